The predicted molar refractivity (Wildman–Crippen MR) is 61.4 cm³/mol. The SMILES string of the molecule is C[C@@H]1[C@H]2COC[C@@]12c1coc2ccccc12. The number of hydrogen-bond donors (Lipinski definition) is 0. The fourth-order valence-corrected chi connectivity index (χ4v) is 3.47. The van der Waals surface area contributed by atoms with Gasteiger partial charge in [0.25, 0.3) is 0 Å². The molecule has 0 N–H and O–H groups in total. The average Bonchev–Trinajstić information content (AvgIpc) is 2.78. The van der Waals surface area contributed by atoms with E-state index in [2.05, 4.69) is 19.1 Å². The van der Waals surface area contributed by atoms with Crippen LogP contribution in [0.15, 0.2) is 34.9 Å². The lowest BCUT2D eigenvalue weighted by Gasteiger charge is -2.11. The summed E-state index contributed by atoms with van der Waals surface area (Å²) in [6, 6.07) is 8.29. The largest absolute Gasteiger partial charge is 0.464 e. The second-order valence-corrected chi connectivity index (χ2v) is 5.10. The summed E-state index contributed by atoms with van der Waals surface area (Å²) in [5.74, 6) is 1.44. The molecule has 2 aromatic rings. The molecule has 1 saturated heterocycles. The van der Waals surface area contributed by atoms with Crippen LogP contribution in [0.3, 0.4) is 0 Å². The van der Waals surface area contributed by atoms with E-state index in [-0.39, 0.29) is 5.41 Å². The minimum Gasteiger partial charge on any atom is -0.464 e. The Morgan fingerprint density at radius 1 is 1.31 bits per heavy atom. The highest BCUT2D eigenvalue weighted by Gasteiger charge is 2.67. The maximum atomic E-state index is 5.65. The van der Waals surface area contributed by atoms with Crippen molar-refractivity contribution in [3.8, 4) is 0 Å². The lowest BCUT2D eigenvalue weighted by atomic mass is 9.93. The number of rotatable bonds is 1. The monoisotopic (exact) mass is 214 g/mol. The van der Waals surface area contributed by atoms with Crippen LogP contribution in [-0.2, 0) is 10.2 Å². The van der Waals surface area contributed by atoms with Gasteiger partial charge in [-0.2, -0.15) is 0 Å². The molecule has 0 spiro atoms. The van der Waals surface area contributed by atoms with Crippen molar-refractivity contribution in [1.82, 2.24) is 0 Å². The van der Waals surface area contributed by atoms with E-state index in [4.69, 9.17) is 9.15 Å². The predicted octanol–water partition coefficient (Wildman–Crippen LogP) is 2.97. The topological polar surface area (TPSA) is 22.4 Å². The van der Waals surface area contributed by atoms with E-state index in [1.165, 1.54) is 10.9 Å². The van der Waals surface area contributed by atoms with Crippen molar-refractivity contribution in [2.75, 3.05) is 13.2 Å². The molecule has 1 aromatic heterocycles. The van der Waals surface area contributed by atoms with Gasteiger partial charge in [-0.3, -0.25) is 0 Å². The molecule has 16 heavy (non-hydrogen) atoms. The summed E-state index contributed by atoms with van der Waals surface area (Å²) in [6.45, 7) is 4.11. The summed E-state index contributed by atoms with van der Waals surface area (Å²) in [5, 5.41) is 1.27. The molecule has 0 unspecified atom stereocenters. The van der Waals surface area contributed by atoms with E-state index in [1.54, 1.807) is 0 Å². The van der Waals surface area contributed by atoms with Crippen LogP contribution in [0.4, 0.5) is 0 Å². The van der Waals surface area contributed by atoms with Crippen LogP contribution in [0.2, 0.25) is 0 Å². The van der Waals surface area contributed by atoms with Gasteiger partial charge in [-0.15, -0.1) is 0 Å². The van der Waals surface area contributed by atoms with Crippen molar-refractivity contribution >= 4 is 11.0 Å². The Bertz CT molecular complexity index is 557. The molecule has 2 heteroatoms. The lowest BCUT2D eigenvalue weighted by molar-refractivity contribution is 0.147. The standard InChI is InChI=1S/C14H14O2/c1-9-11-6-15-8-14(9,11)12-7-16-13-5-3-2-4-10(12)13/h2-5,7,9,11H,6,8H2,1H3/t9-,11-,14-/m1/s1. The van der Waals surface area contributed by atoms with E-state index in [0.29, 0.717) is 5.92 Å². The van der Waals surface area contributed by atoms with Crippen LogP contribution >= 0.6 is 0 Å². The molecule has 2 aliphatic rings. The molecule has 1 aliphatic carbocycles. The van der Waals surface area contributed by atoms with Gasteiger partial charge in [-0.05, 0) is 17.9 Å². The van der Waals surface area contributed by atoms with Crippen LogP contribution < -0.4 is 0 Å². The highest BCUT2D eigenvalue weighted by molar-refractivity contribution is 5.83. The number of ether oxygens (including phenoxy) is 1. The molecule has 2 nitrogen and oxygen atoms in total. The lowest BCUT2D eigenvalue weighted by Crippen LogP contribution is -2.13. The molecule has 0 radical (unpaired) electrons. The van der Waals surface area contributed by atoms with Gasteiger partial charge >= 0.3 is 0 Å². The molecular formula is C14H14O2. The van der Waals surface area contributed by atoms with Crippen molar-refractivity contribution in [1.29, 1.82) is 0 Å². The second kappa shape index (κ2) is 2.69. The Labute approximate surface area is 94.2 Å². The van der Waals surface area contributed by atoms with Gasteiger partial charge in [-0.1, -0.05) is 25.1 Å². The van der Waals surface area contributed by atoms with Gasteiger partial charge < -0.3 is 9.15 Å². The first-order valence-electron chi connectivity index (χ1n) is 5.88. The molecule has 0 amide bonds. The normalized spacial score (nSPS) is 36.6. The summed E-state index contributed by atoms with van der Waals surface area (Å²) < 4.78 is 11.3. The van der Waals surface area contributed by atoms with Gasteiger partial charge in [0.2, 0.25) is 0 Å². The van der Waals surface area contributed by atoms with Crippen molar-refractivity contribution in [2.45, 2.75) is 12.3 Å². The van der Waals surface area contributed by atoms with E-state index < -0.39 is 0 Å². The second-order valence-electron chi connectivity index (χ2n) is 5.10. The third-order valence-electron chi connectivity index (χ3n) is 4.59. The van der Waals surface area contributed by atoms with E-state index in [1.807, 2.05) is 18.4 Å². The van der Waals surface area contributed by atoms with Crippen LogP contribution in [0.1, 0.15) is 12.5 Å². The van der Waals surface area contributed by atoms with E-state index in [0.717, 1.165) is 24.7 Å². The Morgan fingerprint density at radius 2 is 2.19 bits per heavy atom. The molecule has 82 valence electrons. The molecule has 1 saturated carbocycles. The molecule has 2 heterocycles. The van der Waals surface area contributed by atoms with E-state index >= 15 is 0 Å². The van der Waals surface area contributed by atoms with Crippen LogP contribution in [-0.4, -0.2) is 13.2 Å². The summed E-state index contributed by atoms with van der Waals surface area (Å²) in [5.41, 5.74) is 2.61. The Kier molecular flexibility index (Phi) is 1.48. The molecule has 1 aliphatic heterocycles. The zero-order valence-corrected chi connectivity index (χ0v) is 9.27. The Balaban J connectivity index is 1.94. The minimum atomic E-state index is 0.257. The fourth-order valence-electron chi connectivity index (χ4n) is 3.47. The smallest absolute Gasteiger partial charge is 0.134 e. The first-order chi connectivity index (χ1) is 7.84. The number of furan rings is 1. The Morgan fingerprint density at radius 3 is 3.00 bits per heavy atom. The maximum Gasteiger partial charge on any atom is 0.134 e. The van der Waals surface area contributed by atoms with Crippen molar-refractivity contribution in [2.24, 2.45) is 11.8 Å². The number of hydrogen-bond acceptors (Lipinski definition) is 2. The van der Waals surface area contributed by atoms with Gasteiger partial charge in [0.05, 0.1) is 19.5 Å². The fraction of sp³-hybridized carbons (Fsp3) is 0.429. The third-order valence-corrected chi connectivity index (χ3v) is 4.59. The van der Waals surface area contributed by atoms with Crippen LogP contribution in [0.25, 0.3) is 11.0 Å². The zero-order valence-electron chi connectivity index (χ0n) is 9.27. The highest BCUT2D eigenvalue weighted by atomic mass is 16.5. The number of benzene rings is 1. The summed E-state index contributed by atoms with van der Waals surface area (Å²) in [7, 11) is 0. The van der Waals surface area contributed by atoms with Gasteiger partial charge in [-0.25, -0.2) is 0 Å². The molecule has 1 aromatic carbocycles. The quantitative estimate of drug-likeness (QED) is 0.728. The highest BCUT2D eigenvalue weighted by Crippen LogP contribution is 2.64. The molecule has 2 fully saturated rings. The summed E-state index contributed by atoms with van der Waals surface area (Å²) >= 11 is 0. The van der Waals surface area contributed by atoms with Crippen LogP contribution in [0.5, 0.6) is 0 Å². The Hall–Kier alpha value is -1.28. The van der Waals surface area contributed by atoms with Gasteiger partial charge in [0.15, 0.2) is 0 Å². The van der Waals surface area contributed by atoms with Crippen LogP contribution in [0, 0.1) is 11.8 Å². The zero-order chi connectivity index (χ0) is 10.8. The molecule has 4 rings (SSSR count). The molecule has 0 bridgehead atoms. The van der Waals surface area contributed by atoms with Crippen molar-refractivity contribution < 1.29 is 9.15 Å². The van der Waals surface area contributed by atoms with Crippen molar-refractivity contribution in [3.63, 3.8) is 0 Å². The summed E-state index contributed by atoms with van der Waals surface area (Å²) in [6.07, 6.45) is 1.94. The minimum absolute atomic E-state index is 0.257. The van der Waals surface area contributed by atoms with Crippen molar-refractivity contribution in [3.05, 3.63) is 36.1 Å². The number of para-hydroxylation sites is 1. The number of fused-ring (bicyclic) bond motifs is 2. The first-order valence-corrected chi connectivity index (χ1v) is 5.88. The van der Waals surface area contributed by atoms with Gasteiger partial charge in [0.1, 0.15) is 5.58 Å². The first kappa shape index (κ1) is 8.82. The third kappa shape index (κ3) is 0.836. The molecular weight excluding hydrogens is 200 g/mol. The average molecular weight is 214 g/mol. The maximum absolute atomic E-state index is 5.65. The van der Waals surface area contributed by atoms with Gasteiger partial charge in [0, 0.05) is 16.4 Å². The summed E-state index contributed by atoms with van der Waals surface area (Å²) in [4.78, 5) is 0. The van der Waals surface area contributed by atoms with E-state index in [9.17, 15) is 0 Å². The molecule has 3 atom stereocenters.